The van der Waals surface area contributed by atoms with E-state index in [9.17, 15) is 9.59 Å². The molecule has 21 heavy (non-hydrogen) atoms. The molecule has 108 valence electrons. The number of nitrogens with one attached hydrogen (secondary N) is 1. The second-order valence-corrected chi connectivity index (χ2v) is 4.98. The highest BCUT2D eigenvalue weighted by Gasteiger charge is 2.18. The van der Waals surface area contributed by atoms with Crippen LogP contribution in [0.2, 0.25) is 10.3 Å². The van der Waals surface area contributed by atoms with Gasteiger partial charge in [-0.05, 0) is 30.7 Å². The van der Waals surface area contributed by atoms with E-state index in [1.165, 1.54) is 12.1 Å². The lowest BCUT2D eigenvalue weighted by Gasteiger charge is -2.11. The molecule has 0 spiro atoms. The first-order valence-electron chi connectivity index (χ1n) is 5.86. The minimum atomic E-state index is -1.18. The summed E-state index contributed by atoms with van der Waals surface area (Å²) < 4.78 is 0. The van der Waals surface area contributed by atoms with Crippen molar-refractivity contribution < 1.29 is 14.7 Å². The largest absolute Gasteiger partial charge is 0.478 e. The lowest BCUT2D eigenvalue weighted by Crippen LogP contribution is -2.17. The highest BCUT2D eigenvalue weighted by molar-refractivity contribution is 6.35. The summed E-state index contributed by atoms with van der Waals surface area (Å²) in [7, 11) is 0. The molecular formula is C14H10Cl2N2O3. The Kier molecular flexibility index (Phi) is 4.45. The molecule has 7 heteroatoms. The number of hydrogen-bond acceptors (Lipinski definition) is 3. The molecule has 1 aromatic heterocycles. The van der Waals surface area contributed by atoms with Gasteiger partial charge in [-0.15, -0.1) is 0 Å². The fourth-order valence-corrected chi connectivity index (χ4v) is 2.37. The van der Waals surface area contributed by atoms with Crippen molar-refractivity contribution in [1.82, 2.24) is 4.98 Å². The van der Waals surface area contributed by atoms with Gasteiger partial charge in [-0.3, -0.25) is 4.79 Å². The molecule has 2 N–H and O–H groups in total. The zero-order valence-electron chi connectivity index (χ0n) is 10.9. The molecule has 1 amide bonds. The molecule has 0 saturated heterocycles. The number of rotatable bonds is 3. The van der Waals surface area contributed by atoms with E-state index in [0.717, 1.165) is 0 Å². The van der Waals surface area contributed by atoms with Gasteiger partial charge in [0.15, 0.2) is 5.15 Å². The van der Waals surface area contributed by atoms with Crippen molar-refractivity contribution >= 4 is 40.8 Å². The monoisotopic (exact) mass is 324 g/mol. The summed E-state index contributed by atoms with van der Waals surface area (Å²) in [6.07, 6.45) is 0. The molecule has 1 aromatic carbocycles. The number of nitrogens with zero attached hydrogens (tertiary/aromatic N) is 1. The third kappa shape index (κ3) is 3.32. The number of halogens is 2. The Morgan fingerprint density at radius 1 is 1.19 bits per heavy atom. The van der Waals surface area contributed by atoms with Crippen molar-refractivity contribution in [3.05, 3.63) is 57.3 Å². The van der Waals surface area contributed by atoms with E-state index in [1.54, 1.807) is 25.1 Å². The molecule has 0 aliphatic carbocycles. The smallest absolute Gasteiger partial charge is 0.336 e. The van der Waals surface area contributed by atoms with Gasteiger partial charge in [0.2, 0.25) is 0 Å². The number of carbonyl (C=O) groups excluding carboxylic acids is 1. The van der Waals surface area contributed by atoms with Crippen LogP contribution in [0.3, 0.4) is 0 Å². The van der Waals surface area contributed by atoms with E-state index >= 15 is 0 Å². The molecule has 2 rings (SSSR count). The zero-order chi connectivity index (χ0) is 15.6. The maximum atomic E-state index is 12.2. The number of carboxylic acid groups (broad SMARTS) is 1. The molecule has 0 atom stereocenters. The van der Waals surface area contributed by atoms with Crippen molar-refractivity contribution in [2.45, 2.75) is 6.92 Å². The highest BCUT2D eigenvalue weighted by Crippen LogP contribution is 2.27. The number of benzene rings is 1. The van der Waals surface area contributed by atoms with Gasteiger partial charge in [0.25, 0.3) is 5.91 Å². The predicted octanol–water partition coefficient (Wildman–Crippen LogP) is 3.65. The minimum Gasteiger partial charge on any atom is -0.478 e. The first-order chi connectivity index (χ1) is 9.90. The summed E-state index contributed by atoms with van der Waals surface area (Å²) in [6, 6.07) is 7.45. The lowest BCUT2D eigenvalue weighted by molar-refractivity contribution is 0.0692. The Balaban J connectivity index is 2.38. The Morgan fingerprint density at radius 3 is 2.38 bits per heavy atom. The number of amides is 1. The van der Waals surface area contributed by atoms with Crippen LogP contribution in [0.4, 0.5) is 5.69 Å². The first kappa shape index (κ1) is 15.3. The zero-order valence-corrected chi connectivity index (χ0v) is 12.4. The van der Waals surface area contributed by atoms with Crippen LogP contribution in [-0.2, 0) is 0 Å². The summed E-state index contributed by atoms with van der Waals surface area (Å²) in [5.41, 5.74) is 0.869. The van der Waals surface area contributed by atoms with Crippen molar-refractivity contribution in [3.8, 4) is 0 Å². The van der Waals surface area contributed by atoms with Crippen molar-refractivity contribution in [2.24, 2.45) is 0 Å². The average Bonchev–Trinajstić information content (AvgIpc) is 2.42. The Morgan fingerprint density at radius 2 is 1.81 bits per heavy atom. The number of carbonyl (C=O) groups is 2. The molecule has 0 unspecified atom stereocenters. The Bertz CT molecular complexity index is 709. The SMILES string of the molecule is Cc1cc(Cl)nc(Cl)c1NC(=O)c1ccccc1C(=O)O. The van der Waals surface area contributed by atoms with Gasteiger partial charge in [0.05, 0.1) is 16.8 Å². The van der Waals surface area contributed by atoms with Crippen LogP contribution in [0, 0.1) is 6.92 Å². The molecule has 1 heterocycles. The molecular weight excluding hydrogens is 315 g/mol. The fraction of sp³-hybridized carbons (Fsp3) is 0.0714. The van der Waals surface area contributed by atoms with Gasteiger partial charge in [0.1, 0.15) is 5.15 Å². The summed E-state index contributed by atoms with van der Waals surface area (Å²) >= 11 is 11.7. The van der Waals surface area contributed by atoms with E-state index in [0.29, 0.717) is 11.3 Å². The first-order valence-corrected chi connectivity index (χ1v) is 6.62. The number of hydrogen-bond donors (Lipinski definition) is 2. The van der Waals surface area contributed by atoms with Crippen LogP contribution in [0.15, 0.2) is 30.3 Å². The normalized spacial score (nSPS) is 10.2. The predicted molar refractivity (Wildman–Crippen MR) is 80.3 cm³/mol. The summed E-state index contributed by atoms with van der Waals surface area (Å²) in [5.74, 6) is -1.76. The van der Waals surface area contributed by atoms with E-state index in [-0.39, 0.29) is 21.4 Å². The third-order valence-corrected chi connectivity index (χ3v) is 3.25. The summed E-state index contributed by atoms with van der Waals surface area (Å²) in [6.45, 7) is 1.71. The van der Waals surface area contributed by atoms with Crippen molar-refractivity contribution in [2.75, 3.05) is 5.32 Å². The molecule has 5 nitrogen and oxygen atoms in total. The van der Waals surface area contributed by atoms with Crippen molar-refractivity contribution in [3.63, 3.8) is 0 Å². The van der Waals surface area contributed by atoms with Gasteiger partial charge in [-0.1, -0.05) is 35.3 Å². The van der Waals surface area contributed by atoms with Gasteiger partial charge in [-0.2, -0.15) is 0 Å². The van der Waals surface area contributed by atoms with Gasteiger partial charge < -0.3 is 10.4 Å². The van der Waals surface area contributed by atoms with E-state index in [1.807, 2.05) is 0 Å². The number of aromatic carboxylic acids is 1. The summed E-state index contributed by atoms with van der Waals surface area (Å²) in [4.78, 5) is 27.2. The number of pyridine rings is 1. The standard InChI is InChI=1S/C14H10Cl2N2O3/c1-7-6-10(15)17-12(16)11(7)18-13(19)8-4-2-3-5-9(8)14(20)21/h2-6H,1H3,(H,18,19)(H,20,21). The van der Waals surface area contributed by atoms with Gasteiger partial charge in [0, 0.05) is 0 Å². The number of aryl methyl sites for hydroxylation is 1. The van der Waals surface area contributed by atoms with E-state index in [4.69, 9.17) is 28.3 Å². The number of aromatic nitrogens is 1. The quantitative estimate of drug-likeness (QED) is 0.844. The summed E-state index contributed by atoms with van der Waals surface area (Å²) in [5, 5.41) is 11.9. The van der Waals surface area contributed by atoms with Crippen LogP contribution < -0.4 is 5.32 Å². The molecule has 0 aliphatic rings. The molecule has 0 bridgehead atoms. The fourth-order valence-electron chi connectivity index (χ4n) is 1.79. The minimum absolute atomic E-state index is 0.0374. The van der Waals surface area contributed by atoms with Crippen LogP contribution >= 0.6 is 23.2 Å². The van der Waals surface area contributed by atoms with Crippen molar-refractivity contribution in [1.29, 1.82) is 0 Å². The highest BCUT2D eigenvalue weighted by atomic mass is 35.5. The van der Waals surface area contributed by atoms with Gasteiger partial charge >= 0.3 is 5.97 Å². The van der Waals surface area contributed by atoms with Crippen LogP contribution in [-0.4, -0.2) is 22.0 Å². The second kappa shape index (κ2) is 6.11. The van der Waals surface area contributed by atoms with Crippen LogP contribution in [0.5, 0.6) is 0 Å². The maximum Gasteiger partial charge on any atom is 0.336 e. The number of anilines is 1. The molecule has 0 saturated carbocycles. The lowest BCUT2D eigenvalue weighted by atomic mass is 10.1. The molecule has 0 fully saturated rings. The molecule has 2 aromatic rings. The third-order valence-electron chi connectivity index (χ3n) is 2.78. The second-order valence-electron chi connectivity index (χ2n) is 4.23. The van der Waals surface area contributed by atoms with Gasteiger partial charge in [-0.25, -0.2) is 9.78 Å². The topological polar surface area (TPSA) is 79.3 Å². The Labute approximate surface area is 130 Å². The molecule has 0 aliphatic heterocycles. The average molecular weight is 325 g/mol. The number of carboxylic acids is 1. The van der Waals surface area contributed by atoms with E-state index < -0.39 is 11.9 Å². The maximum absolute atomic E-state index is 12.2. The Hall–Kier alpha value is -2.11. The van der Waals surface area contributed by atoms with Crippen LogP contribution in [0.1, 0.15) is 26.3 Å². The molecule has 0 radical (unpaired) electrons. The van der Waals surface area contributed by atoms with Crippen LogP contribution in [0.25, 0.3) is 0 Å². The van der Waals surface area contributed by atoms with E-state index in [2.05, 4.69) is 10.3 Å².